The minimum absolute atomic E-state index is 0.0730. The summed E-state index contributed by atoms with van der Waals surface area (Å²) in [4.78, 5) is 37.5. The van der Waals surface area contributed by atoms with Crippen molar-refractivity contribution in [2.45, 2.75) is 75.1 Å². The molecule has 3 heterocycles. The number of phosphoric acid groups is 1. The van der Waals surface area contributed by atoms with Crippen LogP contribution in [0.4, 0.5) is 5.82 Å². The van der Waals surface area contributed by atoms with E-state index in [1.165, 1.54) is 12.3 Å². The van der Waals surface area contributed by atoms with Crippen LogP contribution in [0.2, 0.25) is 0 Å². The molecule has 192 valence electrons. The lowest BCUT2D eigenvalue weighted by Gasteiger charge is -2.40. The van der Waals surface area contributed by atoms with Crippen LogP contribution in [0.25, 0.3) is 0 Å². The number of hydrogen-bond acceptors (Lipinski definition) is 12. The molecule has 1 aromatic heterocycles. The second-order valence-electron chi connectivity index (χ2n) is 8.12. The Kier molecular flexibility index (Phi) is 8.12. The molecule has 0 spiro atoms. The number of anilines is 1. The van der Waals surface area contributed by atoms with Crippen molar-refractivity contribution in [3.63, 3.8) is 0 Å². The van der Waals surface area contributed by atoms with Crippen LogP contribution in [0.5, 0.6) is 0 Å². The van der Waals surface area contributed by atoms with Gasteiger partial charge in [0.1, 0.15) is 24.1 Å². The molecular weight excluding hydrogens is 481 g/mol. The van der Waals surface area contributed by atoms with Crippen LogP contribution in [0.1, 0.15) is 38.8 Å². The molecule has 16 heteroatoms. The average Bonchev–Trinajstić information content (AvgIpc) is 3.00. The Hall–Kier alpha value is -1.94. The van der Waals surface area contributed by atoms with Gasteiger partial charge in [-0.05, 0) is 18.9 Å². The topological polar surface area (TPSA) is 233 Å². The molecular formula is C18H28N3O12P. The number of aromatic nitrogens is 2. The molecule has 0 aliphatic carbocycles. The van der Waals surface area contributed by atoms with Crippen molar-refractivity contribution in [3.05, 3.63) is 22.7 Å². The minimum Gasteiger partial charge on any atom is -0.477 e. The van der Waals surface area contributed by atoms with Crippen molar-refractivity contribution in [2.75, 3.05) is 12.3 Å². The fourth-order valence-corrected chi connectivity index (χ4v) is 4.85. The van der Waals surface area contributed by atoms with Gasteiger partial charge in [-0.1, -0.05) is 13.3 Å². The van der Waals surface area contributed by atoms with Gasteiger partial charge in [-0.3, -0.25) is 9.09 Å². The third kappa shape index (κ3) is 5.82. The lowest BCUT2D eigenvalue weighted by Crippen LogP contribution is -2.53. The summed E-state index contributed by atoms with van der Waals surface area (Å²) in [6.45, 7) is 0.993. The Balaban J connectivity index is 1.69. The van der Waals surface area contributed by atoms with Crippen LogP contribution in [-0.2, 0) is 27.9 Å². The standard InChI is InChI=1S/C18H28N3O12P/c1-2-3-10-6-9(22)7-18(32-10,16(25)26)33-34(28,29)30-8-11-13(23)14(24)15(31-11)21-5-4-12(19)20-17(21)27/h4-5,9-11,13-15,22-24H,2-3,6-8H2,1H3,(H,25,26)(H,28,29)(H2,19,20,27). The molecule has 7 N–H and O–H groups in total. The number of carboxylic acids is 1. The van der Waals surface area contributed by atoms with E-state index in [0.717, 1.165) is 4.57 Å². The van der Waals surface area contributed by atoms with Gasteiger partial charge in [0.15, 0.2) is 6.23 Å². The predicted octanol–water partition coefficient (Wildman–Crippen LogP) is -1.30. The number of carbonyl (C=O) groups is 1. The maximum Gasteiger partial charge on any atom is 0.475 e. The molecule has 2 saturated heterocycles. The van der Waals surface area contributed by atoms with E-state index in [1.54, 1.807) is 0 Å². The molecule has 8 unspecified atom stereocenters. The number of hydrogen-bond donors (Lipinski definition) is 6. The summed E-state index contributed by atoms with van der Waals surface area (Å²) in [6, 6.07) is 1.26. The summed E-state index contributed by atoms with van der Waals surface area (Å²) in [5.74, 6) is -4.44. The zero-order valence-electron chi connectivity index (χ0n) is 18.2. The summed E-state index contributed by atoms with van der Waals surface area (Å²) in [5, 5.41) is 40.2. The molecule has 2 aliphatic heterocycles. The number of aliphatic carboxylic acids is 1. The molecule has 2 aliphatic rings. The SMILES string of the molecule is CCCC1CC(O)CC(OP(=O)(O)OCC2OC(n3ccc(N)nc3=O)C(O)C2O)(C(=O)O)O1. The van der Waals surface area contributed by atoms with Crippen LogP contribution < -0.4 is 11.4 Å². The largest absolute Gasteiger partial charge is 0.477 e. The van der Waals surface area contributed by atoms with Crippen LogP contribution in [0.15, 0.2) is 17.1 Å². The zero-order chi connectivity index (χ0) is 25.3. The predicted molar refractivity (Wildman–Crippen MR) is 111 cm³/mol. The molecule has 0 amide bonds. The summed E-state index contributed by atoms with van der Waals surface area (Å²) in [6.07, 6.45) is -6.30. The van der Waals surface area contributed by atoms with Crippen molar-refractivity contribution in [3.8, 4) is 0 Å². The number of rotatable bonds is 9. The van der Waals surface area contributed by atoms with Gasteiger partial charge in [0.25, 0.3) is 5.79 Å². The molecule has 0 aromatic carbocycles. The van der Waals surface area contributed by atoms with E-state index in [1.807, 2.05) is 6.92 Å². The van der Waals surface area contributed by atoms with Gasteiger partial charge in [0.05, 0.1) is 18.8 Å². The molecule has 15 nitrogen and oxygen atoms in total. The summed E-state index contributed by atoms with van der Waals surface area (Å²) in [5.41, 5.74) is 4.55. The molecule has 0 saturated carbocycles. The molecule has 1 aromatic rings. The Morgan fingerprint density at radius 1 is 1.38 bits per heavy atom. The first kappa shape index (κ1) is 26.7. The Labute approximate surface area is 193 Å². The minimum atomic E-state index is -5.15. The number of phosphoric ester groups is 1. The maximum atomic E-state index is 12.6. The van der Waals surface area contributed by atoms with Crippen molar-refractivity contribution in [1.29, 1.82) is 0 Å². The number of ether oxygens (including phenoxy) is 2. The van der Waals surface area contributed by atoms with E-state index < -0.39 is 75.0 Å². The van der Waals surface area contributed by atoms with Gasteiger partial charge in [0.2, 0.25) is 0 Å². The third-order valence-corrected chi connectivity index (χ3v) is 6.46. The Morgan fingerprint density at radius 3 is 2.71 bits per heavy atom. The Bertz CT molecular complexity index is 991. The smallest absolute Gasteiger partial charge is 0.475 e. The normalized spacial score (nSPS) is 35.7. The number of aliphatic hydroxyl groups is 3. The molecule has 8 atom stereocenters. The quantitative estimate of drug-likeness (QED) is 0.212. The summed E-state index contributed by atoms with van der Waals surface area (Å²) >= 11 is 0. The van der Waals surface area contributed by atoms with Crippen LogP contribution in [0.3, 0.4) is 0 Å². The third-order valence-electron chi connectivity index (χ3n) is 5.46. The van der Waals surface area contributed by atoms with Crippen LogP contribution in [-0.4, -0.2) is 83.8 Å². The van der Waals surface area contributed by atoms with E-state index in [4.69, 9.17) is 24.3 Å². The van der Waals surface area contributed by atoms with Crippen LogP contribution >= 0.6 is 7.82 Å². The first-order valence-corrected chi connectivity index (χ1v) is 12.0. The lowest BCUT2D eigenvalue weighted by atomic mass is 9.96. The average molecular weight is 509 g/mol. The number of nitrogens with two attached hydrogens (primary N) is 1. The molecule has 2 fully saturated rings. The molecule has 0 bridgehead atoms. The lowest BCUT2D eigenvalue weighted by molar-refractivity contribution is -0.264. The van der Waals surface area contributed by atoms with Crippen molar-refractivity contribution >= 4 is 19.6 Å². The first-order valence-electron chi connectivity index (χ1n) is 10.5. The van der Waals surface area contributed by atoms with E-state index in [2.05, 4.69) is 4.98 Å². The van der Waals surface area contributed by atoms with E-state index in [-0.39, 0.29) is 12.2 Å². The fraction of sp³-hybridized carbons (Fsp3) is 0.722. The van der Waals surface area contributed by atoms with Gasteiger partial charge >= 0.3 is 19.5 Å². The van der Waals surface area contributed by atoms with Gasteiger partial charge in [-0.25, -0.2) is 18.7 Å². The highest BCUT2D eigenvalue weighted by Gasteiger charge is 2.54. The van der Waals surface area contributed by atoms with Crippen molar-refractivity contribution in [1.82, 2.24) is 9.55 Å². The van der Waals surface area contributed by atoms with E-state index in [0.29, 0.717) is 12.8 Å². The highest BCUT2D eigenvalue weighted by molar-refractivity contribution is 7.47. The van der Waals surface area contributed by atoms with E-state index >= 15 is 0 Å². The molecule has 34 heavy (non-hydrogen) atoms. The zero-order valence-corrected chi connectivity index (χ0v) is 19.1. The number of aliphatic hydroxyl groups excluding tert-OH is 3. The maximum absolute atomic E-state index is 12.6. The first-order chi connectivity index (χ1) is 15.9. The summed E-state index contributed by atoms with van der Waals surface area (Å²) < 4.78 is 33.9. The second kappa shape index (κ2) is 10.4. The highest BCUT2D eigenvalue weighted by atomic mass is 31.2. The number of nitrogens with zero attached hydrogens (tertiary/aromatic N) is 2. The van der Waals surface area contributed by atoms with Crippen molar-refractivity contribution < 1.29 is 53.2 Å². The van der Waals surface area contributed by atoms with Gasteiger partial charge in [-0.15, -0.1) is 0 Å². The number of nitrogen functional groups attached to an aromatic ring is 1. The second-order valence-corrected chi connectivity index (χ2v) is 9.50. The monoisotopic (exact) mass is 509 g/mol. The number of carboxylic acid groups (broad SMARTS) is 1. The van der Waals surface area contributed by atoms with Gasteiger partial charge in [0, 0.05) is 12.6 Å². The summed E-state index contributed by atoms with van der Waals surface area (Å²) in [7, 11) is -5.15. The van der Waals surface area contributed by atoms with Gasteiger partial charge in [-0.2, -0.15) is 4.98 Å². The molecule has 3 rings (SSSR count). The van der Waals surface area contributed by atoms with Gasteiger partial charge < -0.3 is 40.5 Å². The highest BCUT2D eigenvalue weighted by Crippen LogP contribution is 2.51. The fourth-order valence-electron chi connectivity index (χ4n) is 3.89. The van der Waals surface area contributed by atoms with E-state index in [9.17, 15) is 39.5 Å². The van der Waals surface area contributed by atoms with Crippen molar-refractivity contribution in [2.24, 2.45) is 0 Å². The van der Waals surface area contributed by atoms with Crippen LogP contribution in [0, 0.1) is 0 Å². The molecule has 0 radical (unpaired) electrons. The Morgan fingerprint density at radius 2 is 2.09 bits per heavy atom.